The van der Waals surface area contributed by atoms with Gasteiger partial charge in [0.05, 0.1) is 11.6 Å². The summed E-state index contributed by atoms with van der Waals surface area (Å²) in [5, 5.41) is 3.01. The summed E-state index contributed by atoms with van der Waals surface area (Å²) in [7, 11) is 0. The first-order chi connectivity index (χ1) is 11.1. The number of carbonyl (C=O) groups excluding carboxylic acids is 1. The minimum Gasteiger partial charge on any atom is -0.491 e. The van der Waals surface area contributed by atoms with Crippen molar-refractivity contribution in [1.29, 1.82) is 0 Å². The third kappa shape index (κ3) is 5.03. The molecule has 0 heterocycles. The third-order valence-corrected chi connectivity index (χ3v) is 4.35. The van der Waals surface area contributed by atoms with Crippen molar-refractivity contribution in [3.63, 3.8) is 0 Å². The molecule has 0 radical (unpaired) electrons. The van der Waals surface area contributed by atoms with Gasteiger partial charge >= 0.3 is 0 Å². The Hall–Kier alpha value is -1.94. The predicted molar refractivity (Wildman–Crippen MR) is 96.4 cm³/mol. The molecule has 2 rings (SSSR count). The molecule has 122 valence electrons. The normalized spacial score (nSPS) is 11.8. The summed E-state index contributed by atoms with van der Waals surface area (Å²) < 4.78 is 5.79. The monoisotopic (exact) mass is 329 g/mol. The van der Waals surface area contributed by atoms with E-state index in [1.165, 1.54) is 0 Å². The fourth-order valence-corrected chi connectivity index (χ4v) is 3.01. The Bertz CT molecular complexity index is 657. The molecule has 4 heteroatoms. The van der Waals surface area contributed by atoms with Crippen LogP contribution in [0.5, 0.6) is 5.75 Å². The van der Waals surface area contributed by atoms with Gasteiger partial charge in [-0.15, -0.1) is 11.8 Å². The first-order valence-electron chi connectivity index (χ1n) is 7.83. The van der Waals surface area contributed by atoms with Crippen LogP contribution in [0.15, 0.2) is 53.4 Å². The smallest absolute Gasteiger partial charge is 0.252 e. The van der Waals surface area contributed by atoms with Crippen molar-refractivity contribution in [2.75, 3.05) is 12.4 Å². The SMILES string of the molecule is CCSc1ccccc1C(=O)NC(C)COc1ccccc1C. The molecule has 1 amide bonds. The molecule has 0 aliphatic rings. The van der Waals surface area contributed by atoms with Crippen LogP contribution in [-0.4, -0.2) is 24.3 Å². The Morgan fingerprint density at radius 2 is 1.87 bits per heavy atom. The van der Waals surface area contributed by atoms with Crippen LogP contribution in [0, 0.1) is 6.92 Å². The maximum atomic E-state index is 12.4. The molecule has 0 aliphatic carbocycles. The highest BCUT2D eigenvalue weighted by molar-refractivity contribution is 7.99. The number of nitrogens with one attached hydrogen (secondary N) is 1. The molecule has 0 fully saturated rings. The summed E-state index contributed by atoms with van der Waals surface area (Å²) in [6.45, 7) is 6.49. The molecule has 0 aromatic heterocycles. The lowest BCUT2D eigenvalue weighted by atomic mass is 10.2. The molecule has 0 spiro atoms. The number of ether oxygens (including phenoxy) is 1. The summed E-state index contributed by atoms with van der Waals surface area (Å²) >= 11 is 1.68. The van der Waals surface area contributed by atoms with E-state index in [4.69, 9.17) is 4.74 Å². The molecular formula is C19H23NO2S. The molecule has 0 saturated carbocycles. The van der Waals surface area contributed by atoms with Gasteiger partial charge in [0, 0.05) is 4.90 Å². The van der Waals surface area contributed by atoms with Crippen LogP contribution in [0.1, 0.15) is 29.8 Å². The number of aryl methyl sites for hydroxylation is 1. The Morgan fingerprint density at radius 3 is 2.61 bits per heavy atom. The number of benzene rings is 2. The number of rotatable bonds is 7. The second kappa shape index (κ2) is 8.63. The molecular weight excluding hydrogens is 306 g/mol. The zero-order chi connectivity index (χ0) is 16.7. The lowest BCUT2D eigenvalue weighted by Gasteiger charge is -2.17. The van der Waals surface area contributed by atoms with Crippen molar-refractivity contribution in [2.45, 2.75) is 31.7 Å². The van der Waals surface area contributed by atoms with Crippen LogP contribution >= 0.6 is 11.8 Å². The van der Waals surface area contributed by atoms with Crippen molar-refractivity contribution in [3.8, 4) is 5.75 Å². The summed E-state index contributed by atoms with van der Waals surface area (Å²) in [6, 6.07) is 15.5. The van der Waals surface area contributed by atoms with Crippen LogP contribution < -0.4 is 10.1 Å². The van der Waals surface area contributed by atoms with Gasteiger partial charge in [-0.1, -0.05) is 37.3 Å². The molecule has 2 aromatic rings. The first kappa shape index (κ1) is 17.4. The molecule has 1 N–H and O–H groups in total. The average Bonchev–Trinajstić information content (AvgIpc) is 2.55. The van der Waals surface area contributed by atoms with Crippen molar-refractivity contribution < 1.29 is 9.53 Å². The van der Waals surface area contributed by atoms with Crippen LogP contribution in [0.25, 0.3) is 0 Å². The van der Waals surface area contributed by atoms with Gasteiger partial charge in [-0.3, -0.25) is 4.79 Å². The lowest BCUT2D eigenvalue weighted by molar-refractivity contribution is 0.0923. The van der Waals surface area contributed by atoms with E-state index in [1.54, 1.807) is 11.8 Å². The Morgan fingerprint density at radius 1 is 1.17 bits per heavy atom. The second-order valence-corrected chi connectivity index (χ2v) is 6.69. The lowest BCUT2D eigenvalue weighted by Crippen LogP contribution is -2.37. The highest BCUT2D eigenvalue weighted by atomic mass is 32.2. The number of hydrogen-bond acceptors (Lipinski definition) is 3. The average molecular weight is 329 g/mol. The number of carbonyl (C=O) groups is 1. The molecule has 1 atom stereocenters. The Balaban J connectivity index is 1.94. The summed E-state index contributed by atoms with van der Waals surface area (Å²) in [5.74, 6) is 1.74. The van der Waals surface area contributed by atoms with Crippen molar-refractivity contribution in [2.24, 2.45) is 0 Å². The zero-order valence-electron chi connectivity index (χ0n) is 13.8. The van der Waals surface area contributed by atoms with Crippen molar-refractivity contribution in [3.05, 3.63) is 59.7 Å². The maximum absolute atomic E-state index is 12.4. The zero-order valence-corrected chi connectivity index (χ0v) is 14.7. The van der Waals surface area contributed by atoms with Gasteiger partial charge in [0.1, 0.15) is 12.4 Å². The van der Waals surface area contributed by atoms with Gasteiger partial charge in [0.25, 0.3) is 5.91 Å². The number of hydrogen-bond donors (Lipinski definition) is 1. The maximum Gasteiger partial charge on any atom is 0.252 e. The van der Waals surface area contributed by atoms with Crippen LogP contribution in [0.2, 0.25) is 0 Å². The quantitative estimate of drug-likeness (QED) is 0.770. The number of para-hydroxylation sites is 1. The van der Waals surface area contributed by atoms with Crippen molar-refractivity contribution in [1.82, 2.24) is 5.32 Å². The fraction of sp³-hybridized carbons (Fsp3) is 0.316. The Labute approximate surface area is 142 Å². The van der Waals surface area contributed by atoms with Gasteiger partial charge in [0.2, 0.25) is 0 Å². The van der Waals surface area contributed by atoms with E-state index in [0.29, 0.717) is 6.61 Å². The third-order valence-electron chi connectivity index (χ3n) is 3.39. The van der Waals surface area contributed by atoms with E-state index in [-0.39, 0.29) is 11.9 Å². The molecule has 0 bridgehead atoms. The highest BCUT2D eigenvalue weighted by Gasteiger charge is 2.14. The standard InChI is InChI=1S/C19H23NO2S/c1-4-23-18-12-8-6-10-16(18)19(21)20-15(3)13-22-17-11-7-5-9-14(17)2/h5-12,15H,4,13H2,1-3H3,(H,20,21). The van der Waals surface area contributed by atoms with Gasteiger partial charge in [0.15, 0.2) is 0 Å². The van der Waals surface area contributed by atoms with Crippen LogP contribution in [-0.2, 0) is 0 Å². The van der Waals surface area contributed by atoms with Gasteiger partial charge < -0.3 is 10.1 Å². The van der Waals surface area contributed by atoms with E-state index in [9.17, 15) is 4.79 Å². The molecule has 2 aromatic carbocycles. The number of thioether (sulfide) groups is 1. The van der Waals surface area contributed by atoms with Crippen LogP contribution in [0.4, 0.5) is 0 Å². The minimum atomic E-state index is -0.0678. The summed E-state index contributed by atoms with van der Waals surface area (Å²) in [6.07, 6.45) is 0. The minimum absolute atomic E-state index is 0.0533. The second-order valence-electron chi connectivity index (χ2n) is 5.38. The van der Waals surface area contributed by atoms with Crippen LogP contribution in [0.3, 0.4) is 0 Å². The van der Waals surface area contributed by atoms with Crippen molar-refractivity contribution >= 4 is 17.7 Å². The topological polar surface area (TPSA) is 38.3 Å². The molecule has 0 aliphatic heterocycles. The van der Waals surface area contributed by atoms with Gasteiger partial charge in [-0.05, 0) is 43.4 Å². The van der Waals surface area contributed by atoms with E-state index in [0.717, 1.165) is 27.5 Å². The predicted octanol–water partition coefficient (Wildman–Crippen LogP) is 4.30. The highest BCUT2D eigenvalue weighted by Crippen LogP contribution is 2.22. The molecule has 23 heavy (non-hydrogen) atoms. The number of amides is 1. The fourth-order valence-electron chi connectivity index (χ4n) is 2.21. The van der Waals surface area contributed by atoms with Gasteiger partial charge in [-0.25, -0.2) is 0 Å². The molecule has 3 nitrogen and oxygen atoms in total. The first-order valence-corrected chi connectivity index (χ1v) is 8.81. The molecule has 0 saturated heterocycles. The largest absolute Gasteiger partial charge is 0.491 e. The Kier molecular flexibility index (Phi) is 6.53. The van der Waals surface area contributed by atoms with E-state index < -0.39 is 0 Å². The van der Waals surface area contributed by atoms with E-state index in [1.807, 2.05) is 62.4 Å². The molecule has 1 unspecified atom stereocenters. The van der Waals surface area contributed by atoms with Gasteiger partial charge in [-0.2, -0.15) is 0 Å². The summed E-state index contributed by atoms with van der Waals surface area (Å²) in [4.78, 5) is 13.5. The summed E-state index contributed by atoms with van der Waals surface area (Å²) in [5.41, 5.74) is 1.82. The van der Waals surface area contributed by atoms with E-state index in [2.05, 4.69) is 12.2 Å². The van der Waals surface area contributed by atoms with E-state index >= 15 is 0 Å².